The minimum Gasteiger partial charge on any atom is -0.465 e. The van der Waals surface area contributed by atoms with Crippen molar-refractivity contribution in [2.24, 2.45) is 0 Å². The Kier molecular flexibility index (Phi) is 4.30. The Morgan fingerprint density at radius 3 is 2.38 bits per heavy atom. The van der Waals surface area contributed by atoms with Crippen LogP contribution in [0.5, 0.6) is 0 Å². The van der Waals surface area contributed by atoms with E-state index in [-0.39, 0.29) is 11.7 Å². The van der Waals surface area contributed by atoms with Gasteiger partial charge in [-0.25, -0.2) is 9.18 Å². The van der Waals surface area contributed by atoms with Crippen LogP contribution in [0.15, 0.2) is 48.5 Å². The fourth-order valence-electron chi connectivity index (χ4n) is 2.87. The van der Waals surface area contributed by atoms with E-state index >= 15 is 0 Å². The van der Waals surface area contributed by atoms with Crippen LogP contribution in [0.25, 0.3) is 22.0 Å². The van der Waals surface area contributed by atoms with Crippen LogP contribution in [0.2, 0.25) is 0 Å². The number of ether oxygens (including phenoxy) is 1. The molecule has 0 radical (unpaired) electrons. The molecule has 0 atom stereocenters. The number of halogens is 1. The normalized spacial score (nSPS) is 11.0. The molecule has 0 amide bonds. The molecule has 1 heterocycles. The topological polar surface area (TPSA) is 39.2 Å². The van der Waals surface area contributed by atoms with Crippen LogP contribution < -0.4 is 0 Å². The Labute approximate surface area is 140 Å². The van der Waals surface area contributed by atoms with E-state index in [0.717, 1.165) is 22.0 Å². The highest BCUT2D eigenvalue weighted by Gasteiger charge is 2.24. The first-order valence-electron chi connectivity index (χ1n) is 7.79. The summed E-state index contributed by atoms with van der Waals surface area (Å²) in [6.07, 6.45) is 0. The van der Waals surface area contributed by atoms with E-state index in [1.165, 1.54) is 19.2 Å². The summed E-state index contributed by atoms with van der Waals surface area (Å²) in [7, 11) is 1.36. The molecule has 122 valence electrons. The lowest BCUT2D eigenvalue weighted by Gasteiger charge is -2.18. The molecule has 0 saturated heterocycles. The van der Waals surface area contributed by atoms with Gasteiger partial charge in [-0.05, 0) is 29.7 Å². The number of nitrogens with zero attached hydrogens (tertiary/aromatic N) is 1. The number of carbonyl (C=O) groups excluding carboxylic acids is 1. The fourth-order valence-corrected chi connectivity index (χ4v) is 2.87. The number of fused-ring (bicyclic) bond motifs is 1. The molecule has 2 aromatic carbocycles. The number of hydrogen-bond acceptors (Lipinski definition) is 3. The standard InChI is InChI=1S/C20H18FNO2/c1-12(2)19-18(20(23)24-3)17(13-8-10-14(21)11-9-13)15-6-4-5-7-16(15)22-19/h4-12H,1-3H3. The Bertz CT molecular complexity index is 901. The molecule has 0 aliphatic carbocycles. The van der Waals surface area contributed by atoms with Gasteiger partial charge in [0.2, 0.25) is 0 Å². The van der Waals surface area contributed by atoms with Crippen molar-refractivity contribution in [3.8, 4) is 11.1 Å². The van der Waals surface area contributed by atoms with E-state index in [1.54, 1.807) is 12.1 Å². The highest BCUT2D eigenvalue weighted by Crippen LogP contribution is 2.36. The highest BCUT2D eigenvalue weighted by atomic mass is 19.1. The Morgan fingerprint density at radius 2 is 1.75 bits per heavy atom. The number of carbonyl (C=O) groups is 1. The smallest absolute Gasteiger partial charge is 0.340 e. The number of benzene rings is 2. The third kappa shape index (κ3) is 2.75. The van der Waals surface area contributed by atoms with Gasteiger partial charge in [0.05, 0.1) is 23.9 Å². The zero-order chi connectivity index (χ0) is 17.3. The van der Waals surface area contributed by atoms with Gasteiger partial charge in [0, 0.05) is 10.9 Å². The molecule has 3 rings (SSSR count). The van der Waals surface area contributed by atoms with Gasteiger partial charge in [0.15, 0.2) is 0 Å². The van der Waals surface area contributed by atoms with Gasteiger partial charge in [-0.15, -0.1) is 0 Å². The summed E-state index contributed by atoms with van der Waals surface area (Å²) in [6.45, 7) is 3.97. The van der Waals surface area contributed by atoms with Crippen molar-refractivity contribution in [2.75, 3.05) is 7.11 Å². The molecule has 0 spiro atoms. The maximum Gasteiger partial charge on any atom is 0.340 e. The van der Waals surface area contributed by atoms with Crippen LogP contribution in [0, 0.1) is 5.82 Å². The summed E-state index contributed by atoms with van der Waals surface area (Å²) in [5, 5.41) is 0.842. The third-order valence-electron chi connectivity index (χ3n) is 3.99. The summed E-state index contributed by atoms with van der Waals surface area (Å²) in [5.74, 6) is -0.708. The van der Waals surface area contributed by atoms with Crippen LogP contribution >= 0.6 is 0 Å². The van der Waals surface area contributed by atoms with Crippen molar-refractivity contribution >= 4 is 16.9 Å². The predicted octanol–water partition coefficient (Wildman–Crippen LogP) is 4.95. The van der Waals surface area contributed by atoms with Crippen LogP contribution in [0.3, 0.4) is 0 Å². The second kappa shape index (κ2) is 6.40. The van der Waals surface area contributed by atoms with Crippen molar-refractivity contribution in [2.45, 2.75) is 19.8 Å². The zero-order valence-electron chi connectivity index (χ0n) is 13.8. The lowest BCUT2D eigenvalue weighted by atomic mass is 9.91. The number of rotatable bonds is 3. The van der Waals surface area contributed by atoms with Gasteiger partial charge in [0.25, 0.3) is 0 Å². The quantitative estimate of drug-likeness (QED) is 0.640. The van der Waals surface area contributed by atoms with E-state index in [1.807, 2.05) is 38.1 Å². The van der Waals surface area contributed by atoms with Gasteiger partial charge >= 0.3 is 5.97 Å². The molecule has 0 bridgehead atoms. The van der Waals surface area contributed by atoms with Crippen molar-refractivity contribution in [1.29, 1.82) is 0 Å². The monoisotopic (exact) mass is 323 g/mol. The van der Waals surface area contributed by atoms with Crippen LogP contribution in [0.1, 0.15) is 35.8 Å². The zero-order valence-corrected chi connectivity index (χ0v) is 13.8. The van der Waals surface area contributed by atoms with Crippen LogP contribution in [0.4, 0.5) is 4.39 Å². The molecule has 0 fully saturated rings. The number of aromatic nitrogens is 1. The largest absolute Gasteiger partial charge is 0.465 e. The lowest BCUT2D eigenvalue weighted by molar-refractivity contribution is 0.0599. The summed E-state index contributed by atoms with van der Waals surface area (Å²) in [4.78, 5) is 17.2. The minimum atomic E-state index is -0.434. The van der Waals surface area contributed by atoms with E-state index in [4.69, 9.17) is 4.74 Å². The Balaban J connectivity index is 2.46. The summed E-state index contributed by atoms with van der Waals surface area (Å²) >= 11 is 0. The fraction of sp³-hybridized carbons (Fsp3) is 0.200. The summed E-state index contributed by atoms with van der Waals surface area (Å²) in [6, 6.07) is 13.8. The predicted molar refractivity (Wildman–Crippen MR) is 92.6 cm³/mol. The molecule has 0 aliphatic rings. The molecule has 3 aromatic rings. The Hall–Kier alpha value is -2.75. The van der Waals surface area contributed by atoms with E-state index in [0.29, 0.717) is 11.3 Å². The number of methoxy groups -OCH3 is 1. The minimum absolute atomic E-state index is 0.0444. The van der Waals surface area contributed by atoms with Crippen LogP contribution in [-0.4, -0.2) is 18.1 Å². The van der Waals surface area contributed by atoms with E-state index in [2.05, 4.69) is 4.98 Å². The average molecular weight is 323 g/mol. The van der Waals surface area contributed by atoms with Gasteiger partial charge in [-0.3, -0.25) is 4.98 Å². The molecule has 0 saturated carbocycles. The second-order valence-electron chi connectivity index (χ2n) is 5.92. The maximum atomic E-state index is 13.3. The molecule has 0 aliphatic heterocycles. The summed E-state index contributed by atoms with van der Waals surface area (Å²) < 4.78 is 18.4. The van der Waals surface area contributed by atoms with Gasteiger partial charge in [0.1, 0.15) is 5.82 Å². The number of esters is 1. The number of para-hydroxylation sites is 1. The van der Waals surface area contributed by atoms with Crippen molar-refractivity contribution in [3.05, 3.63) is 65.6 Å². The molecule has 1 aromatic heterocycles. The SMILES string of the molecule is COC(=O)c1c(C(C)C)nc2ccccc2c1-c1ccc(F)cc1. The second-order valence-corrected chi connectivity index (χ2v) is 5.92. The summed E-state index contributed by atoms with van der Waals surface area (Å²) in [5.41, 5.74) is 3.42. The van der Waals surface area contributed by atoms with Crippen LogP contribution in [-0.2, 0) is 4.74 Å². The molecule has 24 heavy (non-hydrogen) atoms. The highest BCUT2D eigenvalue weighted by molar-refractivity contribution is 6.08. The number of hydrogen-bond donors (Lipinski definition) is 0. The maximum absolute atomic E-state index is 13.3. The van der Waals surface area contributed by atoms with Crippen molar-refractivity contribution < 1.29 is 13.9 Å². The molecule has 3 nitrogen and oxygen atoms in total. The molecule has 4 heteroatoms. The van der Waals surface area contributed by atoms with E-state index in [9.17, 15) is 9.18 Å². The first-order chi connectivity index (χ1) is 11.5. The lowest BCUT2D eigenvalue weighted by Crippen LogP contribution is -2.12. The first kappa shape index (κ1) is 16.1. The number of pyridine rings is 1. The van der Waals surface area contributed by atoms with Gasteiger partial charge in [-0.1, -0.05) is 44.2 Å². The van der Waals surface area contributed by atoms with Gasteiger partial charge in [-0.2, -0.15) is 0 Å². The molecular weight excluding hydrogens is 305 g/mol. The third-order valence-corrected chi connectivity index (χ3v) is 3.99. The Morgan fingerprint density at radius 1 is 1.08 bits per heavy atom. The van der Waals surface area contributed by atoms with Crippen molar-refractivity contribution in [1.82, 2.24) is 4.98 Å². The molecule has 0 N–H and O–H groups in total. The first-order valence-corrected chi connectivity index (χ1v) is 7.79. The molecular formula is C20H18FNO2. The molecule has 0 unspecified atom stereocenters. The van der Waals surface area contributed by atoms with Gasteiger partial charge < -0.3 is 4.74 Å². The average Bonchev–Trinajstić information content (AvgIpc) is 2.60. The van der Waals surface area contributed by atoms with Crippen molar-refractivity contribution in [3.63, 3.8) is 0 Å². The van der Waals surface area contributed by atoms with E-state index < -0.39 is 5.97 Å².